The highest BCUT2D eigenvalue weighted by molar-refractivity contribution is 7.89. The van der Waals surface area contributed by atoms with Gasteiger partial charge in [-0.05, 0) is 30.5 Å². The van der Waals surface area contributed by atoms with E-state index in [1.165, 1.54) is 6.92 Å². The molecule has 6 nitrogen and oxygen atoms in total. The van der Waals surface area contributed by atoms with Crippen LogP contribution in [0.2, 0.25) is 0 Å². The molecule has 7 heteroatoms. The summed E-state index contributed by atoms with van der Waals surface area (Å²) in [6.07, 6.45) is 1.46. The molecule has 1 aromatic carbocycles. The van der Waals surface area contributed by atoms with Crippen molar-refractivity contribution in [1.29, 1.82) is 0 Å². The third kappa shape index (κ3) is 2.11. The van der Waals surface area contributed by atoms with Crippen molar-refractivity contribution >= 4 is 21.6 Å². The summed E-state index contributed by atoms with van der Waals surface area (Å²) in [6, 6.07) is 4.93. The fourth-order valence-corrected chi connectivity index (χ4v) is 3.90. The molecule has 0 spiro atoms. The van der Waals surface area contributed by atoms with E-state index in [9.17, 15) is 13.2 Å². The minimum atomic E-state index is -3.64. The number of hydrogen-bond donors (Lipinski definition) is 0. The lowest BCUT2D eigenvalue weighted by molar-refractivity contribution is -0.116. The van der Waals surface area contributed by atoms with Gasteiger partial charge in [0.25, 0.3) is 10.0 Å². The lowest BCUT2D eigenvalue weighted by atomic mass is 10.2. The molecule has 2 aliphatic heterocycles. The van der Waals surface area contributed by atoms with E-state index in [-0.39, 0.29) is 10.8 Å². The van der Waals surface area contributed by atoms with E-state index in [2.05, 4.69) is 0 Å². The van der Waals surface area contributed by atoms with E-state index in [0.29, 0.717) is 31.8 Å². The van der Waals surface area contributed by atoms with Crippen molar-refractivity contribution in [1.82, 2.24) is 4.47 Å². The van der Waals surface area contributed by atoms with Crippen molar-refractivity contribution < 1.29 is 18.0 Å². The highest BCUT2D eigenvalue weighted by Gasteiger charge is 2.31. The smallest absolute Gasteiger partial charge is 0.265 e. The molecule has 0 saturated carbocycles. The molecule has 1 amide bonds. The largest absolute Gasteiger partial charge is 0.312 e. The van der Waals surface area contributed by atoms with Gasteiger partial charge in [0.15, 0.2) is 0 Å². The first kappa shape index (κ1) is 13.5. The van der Waals surface area contributed by atoms with Crippen LogP contribution in [0, 0.1) is 0 Å². The van der Waals surface area contributed by atoms with Gasteiger partial charge in [-0.15, -0.1) is 0 Å². The topological polar surface area (TPSA) is 66.9 Å². The third-order valence-corrected chi connectivity index (χ3v) is 5.29. The van der Waals surface area contributed by atoms with Gasteiger partial charge in [-0.3, -0.25) is 9.63 Å². The van der Waals surface area contributed by atoms with Gasteiger partial charge in [-0.25, -0.2) is 8.42 Å². The van der Waals surface area contributed by atoms with E-state index >= 15 is 0 Å². The van der Waals surface area contributed by atoms with Crippen molar-refractivity contribution in [2.24, 2.45) is 0 Å². The Hall–Kier alpha value is -1.44. The Morgan fingerprint density at radius 1 is 1.30 bits per heavy atom. The first-order valence-electron chi connectivity index (χ1n) is 6.57. The highest BCUT2D eigenvalue weighted by Crippen LogP contribution is 2.32. The van der Waals surface area contributed by atoms with Crippen LogP contribution in [0.25, 0.3) is 0 Å². The molecule has 0 radical (unpaired) electrons. The van der Waals surface area contributed by atoms with Crippen molar-refractivity contribution in [3.8, 4) is 0 Å². The van der Waals surface area contributed by atoms with E-state index in [4.69, 9.17) is 4.84 Å². The lowest BCUT2D eigenvalue weighted by Gasteiger charge is -2.18. The number of benzene rings is 1. The summed E-state index contributed by atoms with van der Waals surface area (Å²) in [6.45, 7) is 2.88. The second-order valence-electron chi connectivity index (χ2n) is 4.93. The molecule has 0 unspecified atom stereocenters. The van der Waals surface area contributed by atoms with Gasteiger partial charge in [0.05, 0.1) is 11.5 Å². The average Bonchev–Trinajstić information content (AvgIpc) is 3.07. The van der Waals surface area contributed by atoms with Crippen LogP contribution in [0.4, 0.5) is 5.69 Å². The number of carbonyl (C=O) groups excluding carboxylic acids is 1. The van der Waals surface area contributed by atoms with Crippen molar-refractivity contribution in [3.63, 3.8) is 0 Å². The molecular formula is C13H16N2O4S. The number of hydrogen-bond acceptors (Lipinski definition) is 4. The monoisotopic (exact) mass is 296 g/mol. The number of rotatable bonds is 2. The molecule has 2 aliphatic rings. The van der Waals surface area contributed by atoms with E-state index in [0.717, 1.165) is 16.5 Å². The standard InChI is InChI=1S/C13H16N2O4S/c1-10(16)14-7-5-11-3-4-12(9-13(11)14)20(17,18)15-6-2-8-19-15/h3-4,9H,2,5-8H2,1H3. The maximum atomic E-state index is 12.4. The lowest BCUT2D eigenvalue weighted by Crippen LogP contribution is -2.28. The summed E-state index contributed by atoms with van der Waals surface area (Å²) in [4.78, 5) is 18.5. The maximum absolute atomic E-state index is 12.4. The summed E-state index contributed by atoms with van der Waals surface area (Å²) in [5.41, 5.74) is 1.69. The van der Waals surface area contributed by atoms with Crippen LogP contribution in [0.3, 0.4) is 0 Å². The normalized spacial score (nSPS) is 19.4. The molecule has 2 heterocycles. The Kier molecular flexibility index (Phi) is 3.27. The molecule has 0 aliphatic carbocycles. The van der Waals surface area contributed by atoms with Crippen LogP contribution in [-0.2, 0) is 26.1 Å². The minimum Gasteiger partial charge on any atom is -0.312 e. The number of sulfonamides is 1. The Morgan fingerprint density at radius 2 is 2.10 bits per heavy atom. The van der Waals surface area contributed by atoms with E-state index in [1.54, 1.807) is 23.1 Å². The zero-order chi connectivity index (χ0) is 14.3. The molecule has 0 atom stereocenters. The summed E-state index contributed by atoms with van der Waals surface area (Å²) in [5, 5.41) is 0. The third-order valence-electron chi connectivity index (χ3n) is 3.62. The molecule has 20 heavy (non-hydrogen) atoms. The average molecular weight is 296 g/mol. The van der Waals surface area contributed by atoms with Gasteiger partial charge >= 0.3 is 0 Å². The summed E-state index contributed by atoms with van der Waals surface area (Å²) < 4.78 is 25.8. The van der Waals surface area contributed by atoms with Crippen molar-refractivity contribution in [2.75, 3.05) is 24.6 Å². The van der Waals surface area contributed by atoms with Crippen molar-refractivity contribution in [2.45, 2.75) is 24.7 Å². The first-order chi connectivity index (χ1) is 9.50. The fourth-order valence-electron chi connectivity index (χ4n) is 2.58. The quantitative estimate of drug-likeness (QED) is 0.814. The van der Waals surface area contributed by atoms with Crippen LogP contribution in [0.5, 0.6) is 0 Å². The Morgan fingerprint density at radius 3 is 2.75 bits per heavy atom. The van der Waals surface area contributed by atoms with Gasteiger partial charge in [0.2, 0.25) is 5.91 Å². The van der Waals surface area contributed by atoms with Gasteiger partial charge in [0, 0.05) is 25.7 Å². The van der Waals surface area contributed by atoms with Crippen LogP contribution in [0.15, 0.2) is 23.1 Å². The van der Waals surface area contributed by atoms with Crippen LogP contribution >= 0.6 is 0 Å². The predicted octanol–water partition coefficient (Wildman–Crippen LogP) is 0.922. The molecule has 108 valence electrons. The van der Waals surface area contributed by atoms with Crippen molar-refractivity contribution in [3.05, 3.63) is 23.8 Å². The maximum Gasteiger partial charge on any atom is 0.265 e. The van der Waals surface area contributed by atoms with E-state index < -0.39 is 10.0 Å². The number of fused-ring (bicyclic) bond motifs is 1. The summed E-state index contributed by atoms with van der Waals surface area (Å²) in [5.74, 6) is -0.0734. The molecule has 1 fully saturated rings. The fraction of sp³-hybridized carbons (Fsp3) is 0.462. The Balaban J connectivity index is 2.00. The Labute approximate surface area is 117 Å². The van der Waals surface area contributed by atoms with Gasteiger partial charge in [-0.2, -0.15) is 0 Å². The minimum absolute atomic E-state index is 0.0734. The number of anilines is 1. The number of amides is 1. The number of nitrogens with zero attached hydrogens (tertiary/aromatic N) is 2. The molecule has 0 N–H and O–H groups in total. The molecular weight excluding hydrogens is 280 g/mol. The molecule has 1 aromatic rings. The molecule has 3 rings (SSSR count). The molecule has 0 aromatic heterocycles. The SMILES string of the molecule is CC(=O)N1CCc2ccc(S(=O)(=O)N3CCCO3)cc21. The molecule has 1 saturated heterocycles. The van der Waals surface area contributed by atoms with E-state index in [1.807, 2.05) is 0 Å². The number of hydroxylamine groups is 1. The van der Waals surface area contributed by atoms with Gasteiger partial charge in [-0.1, -0.05) is 10.5 Å². The van der Waals surface area contributed by atoms with Gasteiger partial charge < -0.3 is 4.90 Å². The molecule has 0 bridgehead atoms. The zero-order valence-corrected chi connectivity index (χ0v) is 12.0. The summed E-state index contributed by atoms with van der Waals surface area (Å²) in [7, 11) is -3.64. The second-order valence-corrected chi connectivity index (χ2v) is 6.76. The van der Waals surface area contributed by atoms with Crippen LogP contribution in [-0.4, -0.2) is 38.5 Å². The first-order valence-corrected chi connectivity index (χ1v) is 8.01. The highest BCUT2D eigenvalue weighted by atomic mass is 32.2. The van der Waals surface area contributed by atoms with Crippen LogP contribution < -0.4 is 4.90 Å². The zero-order valence-electron chi connectivity index (χ0n) is 11.2. The van der Waals surface area contributed by atoms with Gasteiger partial charge in [0.1, 0.15) is 0 Å². The predicted molar refractivity (Wildman–Crippen MR) is 72.6 cm³/mol. The number of carbonyl (C=O) groups is 1. The summed E-state index contributed by atoms with van der Waals surface area (Å²) >= 11 is 0. The Bertz CT molecular complexity index is 650. The van der Waals surface area contributed by atoms with Crippen LogP contribution in [0.1, 0.15) is 18.9 Å². The second kappa shape index (κ2) is 4.83.